The summed E-state index contributed by atoms with van der Waals surface area (Å²) < 4.78 is 0. The van der Waals surface area contributed by atoms with Gasteiger partial charge in [-0.1, -0.05) is 206 Å². The predicted octanol–water partition coefficient (Wildman–Crippen LogP) is 16.1. The van der Waals surface area contributed by atoms with Crippen molar-refractivity contribution < 1.29 is 0 Å². The van der Waals surface area contributed by atoms with Crippen molar-refractivity contribution in [3.63, 3.8) is 0 Å². The van der Waals surface area contributed by atoms with Crippen LogP contribution in [0.1, 0.15) is 38.9 Å². The van der Waals surface area contributed by atoms with Crippen molar-refractivity contribution in [1.29, 1.82) is 0 Å². The summed E-state index contributed by atoms with van der Waals surface area (Å²) in [6, 6.07) is 69.5. The van der Waals surface area contributed by atoms with Gasteiger partial charge in [0.25, 0.3) is 0 Å². The summed E-state index contributed by atoms with van der Waals surface area (Å²) in [7, 11) is 0. The van der Waals surface area contributed by atoms with Crippen LogP contribution >= 0.6 is 0 Å². The van der Waals surface area contributed by atoms with Crippen molar-refractivity contribution in [2.75, 3.05) is 4.90 Å². The Morgan fingerprint density at radius 2 is 0.984 bits per heavy atom. The van der Waals surface area contributed by atoms with Gasteiger partial charge in [-0.05, 0) is 126 Å². The molecule has 13 rings (SSSR count). The van der Waals surface area contributed by atoms with Crippen molar-refractivity contribution in [3.05, 3.63) is 274 Å². The summed E-state index contributed by atoms with van der Waals surface area (Å²) in [5.74, 6) is 0. The maximum atomic E-state index is 2.74. The van der Waals surface area contributed by atoms with Crippen LogP contribution in [0.4, 0.5) is 11.4 Å². The Labute approximate surface area is 375 Å². The molecule has 0 saturated carbocycles. The number of rotatable bonds is 6. The molecule has 0 fully saturated rings. The van der Waals surface area contributed by atoms with Crippen molar-refractivity contribution >= 4 is 34.7 Å². The number of anilines is 2. The number of nitrogens with zero attached hydrogens (tertiary/aromatic N) is 1. The fourth-order valence-electron chi connectivity index (χ4n) is 11.4. The van der Waals surface area contributed by atoms with Crippen LogP contribution in [0.15, 0.2) is 235 Å². The van der Waals surface area contributed by atoms with Gasteiger partial charge in [0.15, 0.2) is 0 Å². The molecule has 5 aliphatic rings. The Kier molecular flexibility index (Phi) is 8.17. The second kappa shape index (κ2) is 14.3. The molecule has 0 aliphatic heterocycles. The molecular formula is C63H43N. The molecular weight excluding hydrogens is 771 g/mol. The second-order valence-electron chi connectivity index (χ2n) is 17.6. The number of para-hydroxylation sites is 1. The zero-order chi connectivity index (χ0) is 42.4. The van der Waals surface area contributed by atoms with E-state index in [-0.39, 0.29) is 0 Å². The number of aryl methyl sites for hydroxylation is 1. The lowest BCUT2D eigenvalue weighted by atomic mass is 9.62. The van der Waals surface area contributed by atoms with Crippen LogP contribution in [0.3, 0.4) is 0 Å². The molecule has 0 radical (unpaired) electrons. The predicted molar refractivity (Wildman–Crippen MR) is 269 cm³/mol. The standard InChI is InChI=1S/C63H43N/c1-41-19-17-32-51(42-20-5-2-6-21-42)61(41)64(62-56-37-45-26-11-16-31-50(45)55(56)40-54(43-22-7-3-8-23-43)60(62)44-24-9-4-10-25-44)59-35-34-53-49-30-15-13-28-47(49)39-58(53)63(59)36-18-33-52-48-29-14-12-27-46(48)38-57(52)63/h2-36,38-40H,37H2,1H3. The lowest BCUT2D eigenvalue weighted by Crippen LogP contribution is -2.38. The number of allylic oxidation sites excluding steroid dienone is 7. The molecule has 300 valence electrons. The molecule has 1 heteroatoms. The highest BCUT2D eigenvalue weighted by molar-refractivity contribution is 6.09. The van der Waals surface area contributed by atoms with E-state index in [1.54, 1.807) is 0 Å². The van der Waals surface area contributed by atoms with Gasteiger partial charge < -0.3 is 4.90 Å². The average Bonchev–Trinajstić information content (AvgIpc) is 4.06. The van der Waals surface area contributed by atoms with Crippen LogP contribution in [0, 0.1) is 12.3 Å². The molecule has 5 aliphatic carbocycles. The van der Waals surface area contributed by atoms with Crippen molar-refractivity contribution in [3.8, 4) is 44.5 Å². The molecule has 0 amide bonds. The minimum atomic E-state index is -0.669. The molecule has 0 N–H and O–H groups in total. The van der Waals surface area contributed by atoms with E-state index in [4.69, 9.17) is 0 Å². The first-order valence-electron chi connectivity index (χ1n) is 22.5. The van der Waals surface area contributed by atoms with Gasteiger partial charge in [0, 0.05) is 23.2 Å². The normalized spacial score (nSPS) is 16.9. The van der Waals surface area contributed by atoms with Crippen LogP contribution in [0.5, 0.6) is 0 Å². The van der Waals surface area contributed by atoms with Crippen LogP contribution in [-0.2, 0) is 6.42 Å². The lowest BCUT2D eigenvalue weighted by Gasteiger charge is -2.47. The SMILES string of the molecule is Cc1cccc(-c2ccccc2)c1N(C1=CC=C2C(=Cc3ccccc32)C12C=CC=C1C2=Cc2ccccc21)c1c2c(cc(-c3ccccc3)c1-c1ccccc1)-c1ccccc1C2. The van der Waals surface area contributed by atoms with E-state index in [2.05, 4.69) is 242 Å². The van der Waals surface area contributed by atoms with E-state index in [0.29, 0.717) is 0 Å². The van der Waals surface area contributed by atoms with E-state index in [0.717, 1.165) is 6.42 Å². The van der Waals surface area contributed by atoms with E-state index >= 15 is 0 Å². The Bertz CT molecular complexity index is 3420. The lowest BCUT2D eigenvalue weighted by molar-refractivity contribution is 0.676. The highest BCUT2D eigenvalue weighted by Crippen LogP contribution is 2.65. The van der Waals surface area contributed by atoms with Gasteiger partial charge in [-0.3, -0.25) is 0 Å². The molecule has 64 heavy (non-hydrogen) atoms. The van der Waals surface area contributed by atoms with Crippen molar-refractivity contribution in [2.45, 2.75) is 13.3 Å². The minimum absolute atomic E-state index is 0.669. The summed E-state index contributed by atoms with van der Waals surface area (Å²) in [6.07, 6.45) is 17.9. The van der Waals surface area contributed by atoms with E-state index in [1.165, 1.54) is 123 Å². The summed E-state index contributed by atoms with van der Waals surface area (Å²) in [5, 5.41) is 0. The zero-order valence-corrected chi connectivity index (χ0v) is 35.6. The molecule has 8 aromatic carbocycles. The number of hydrogen-bond acceptors (Lipinski definition) is 1. The van der Waals surface area contributed by atoms with Crippen molar-refractivity contribution in [1.82, 2.24) is 0 Å². The first-order valence-corrected chi connectivity index (χ1v) is 22.5. The Morgan fingerprint density at radius 1 is 0.438 bits per heavy atom. The zero-order valence-electron chi connectivity index (χ0n) is 35.6. The molecule has 0 heterocycles. The molecule has 0 bridgehead atoms. The molecule has 0 saturated heterocycles. The smallest absolute Gasteiger partial charge is 0.0803 e. The topological polar surface area (TPSA) is 3.24 Å². The number of fused-ring (bicyclic) bond motifs is 11. The van der Waals surface area contributed by atoms with Crippen LogP contribution in [-0.4, -0.2) is 0 Å². The molecule has 1 unspecified atom stereocenters. The Balaban J connectivity index is 1.22. The van der Waals surface area contributed by atoms with Gasteiger partial charge in [0.1, 0.15) is 0 Å². The van der Waals surface area contributed by atoms with E-state index in [9.17, 15) is 0 Å². The van der Waals surface area contributed by atoms with Gasteiger partial charge in [-0.25, -0.2) is 0 Å². The molecule has 0 aromatic heterocycles. The maximum Gasteiger partial charge on any atom is 0.0803 e. The first-order chi connectivity index (χ1) is 31.7. The number of hydrogen-bond donors (Lipinski definition) is 0. The summed E-state index contributed by atoms with van der Waals surface area (Å²) in [6.45, 7) is 2.31. The molecule has 8 aromatic rings. The highest BCUT2D eigenvalue weighted by Gasteiger charge is 2.51. The number of benzene rings is 8. The Hall–Kier alpha value is -8.00. The summed E-state index contributed by atoms with van der Waals surface area (Å²) in [5.41, 5.74) is 27.0. The summed E-state index contributed by atoms with van der Waals surface area (Å²) >= 11 is 0. The van der Waals surface area contributed by atoms with Crippen molar-refractivity contribution in [2.24, 2.45) is 5.41 Å². The van der Waals surface area contributed by atoms with Gasteiger partial charge in [-0.15, -0.1) is 0 Å². The maximum absolute atomic E-state index is 2.74. The first kappa shape index (κ1) is 36.6. The minimum Gasteiger partial charge on any atom is -0.311 e. The van der Waals surface area contributed by atoms with Gasteiger partial charge in [0.05, 0.1) is 16.8 Å². The van der Waals surface area contributed by atoms with E-state index in [1.807, 2.05) is 0 Å². The van der Waals surface area contributed by atoms with Gasteiger partial charge in [-0.2, -0.15) is 0 Å². The third-order valence-electron chi connectivity index (χ3n) is 14.2. The fourth-order valence-corrected chi connectivity index (χ4v) is 11.4. The monoisotopic (exact) mass is 813 g/mol. The molecule has 1 nitrogen and oxygen atoms in total. The Morgan fingerprint density at radius 3 is 1.66 bits per heavy atom. The van der Waals surface area contributed by atoms with Gasteiger partial charge >= 0.3 is 0 Å². The van der Waals surface area contributed by atoms with E-state index < -0.39 is 5.41 Å². The molecule has 1 atom stereocenters. The summed E-state index contributed by atoms with van der Waals surface area (Å²) in [4.78, 5) is 2.74. The average molecular weight is 814 g/mol. The largest absolute Gasteiger partial charge is 0.311 e. The second-order valence-corrected chi connectivity index (χ2v) is 17.6. The van der Waals surface area contributed by atoms with Crippen LogP contribution < -0.4 is 4.90 Å². The fraction of sp³-hybridized carbons (Fsp3) is 0.0476. The molecule has 1 spiro atoms. The van der Waals surface area contributed by atoms with Crippen LogP contribution in [0.2, 0.25) is 0 Å². The highest BCUT2D eigenvalue weighted by atomic mass is 15.2. The third-order valence-corrected chi connectivity index (χ3v) is 14.2. The van der Waals surface area contributed by atoms with Crippen LogP contribution in [0.25, 0.3) is 67.8 Å². The van der Waals surface area contributed by atoms with Gasteiger partial charge in [0.2, 0.25) is 0 Å². The quantitative estimate of drug-likeness (QED) is 0.162. The third kappa shape index (κ3) is 5.31.